The van der Waals surface area contributed by atoms with E-state index in [0.29, 0.717) is 28.9 Å². The summed E-state index contributed by atoms with van der Waals surface area (Å²) >= 11 is 6.22. The molecular formula is C12H11ClN2O3. The monoisotopic (exact) mass is 266 g/mol. The third-order valence-electron chi connectivity index (χ3n) is 2.76. The summed E-state index contributed by atoms with van der Waals surface area (Å²) in [6.07, 6.45) is 3.47. The number of aliphatic hydroxyl groups excluding tert-OH is 1. The Kier molecular flexibility index (Phi) is 2.85. The summed E-state index contributed by atoms with van der Waals surface area (Å²) in [4.78, 5) is 4.26. The van der Waals surface area contributed by atoms with E-state index < -0.39 is 0 Å². The summed E-state index contributed by atoms with van der Waals surface area (Å²) in [5, 5.41) is 9.55. The van der Waals surface area contributed by atoms with Crippen LogP contribution in [0.3, 0.4) is 0 Å². The van der Waals surface area contributed by atoms with Gasteiger partial charge in [-0.25, -0.2) is 4.98 Å². The molecule has 0 amide bonds. The first-order chi connectivity index (χ1) is 8.79. The van der Waals surface area contributed by atoms with Crippen LogP contribution < -0.4 is 9.47 Å². The molecule has 1 aromatic carbocycles. The molecule has 0 spiro atoms. The number of hydrogen-bond acceptors (Lipinski definition) is 4. The van der Waals surface area contributed by atoms with Crippen molar-refractivity contribution in [2.45, 2.75) is 6.54 Å². The molecule has 1 aliphatic rings. The van der Waals surface area contributed by atoms with Gasteiger partial charge in [-0.2, -0.15) is 0 Å². The van der Waals surface area contributed by atoms with Gasteiger partial charge in [0.15, 0.2) is 11.5 Å². The normalized spacial score (nSPS) is 13.0. The van der Waals surface area contributed by atoms with E-state index in [9.17, 15) is 0 Å². The zero-order valence-electron chi connectivity index (χ0n) is 9.47. The van der Waals surface area contributed by atoms with Gasteiger partial charge < -0.3 is 19.1 Å². The Hall–Kier alpha value is -1.72. The third-order valence-corrected chi connectivity index (χ3v) is 3.07. The lowest BCUT2D eigenvalue weighted by atomic mass is 10.2. The predicted molar refractivity (Wildman–Crippen MR) is 65.9 cm³/mol. The topological polar surface area (TPSA) is 56.5 Å². The molecule has 0 unspecified atom stereocenters. The van der Waals surface area contributed by atoms with Crippen LogP contribution in [0.5, 0.6) is 11.5 Å². The van der Waals surface area contributed by atoms with Crippen LogP contribution in [0.4, 0.5) is 0 Å². The molecule has 3 rings (SSSR count). The lowest BCUT2D eigenvalue weighted by Crippen LogP contribution is -2.03. The standard InChI is InChI=1S/C12H11ClN2O3/c13-9-6-11-10(17-7-18-11)5-8(9)12-14-1-2-15(12)3-4-16/h1-2,5-6,16H,3-4,7H2. The summed E-state index contributed by atoms with van der Waals surface area (Å²) in [7, 11) is 0. The van der Waals surface area contributed by atoms with Crippen molar-refractivity contribution in [3.63, 3.8) is 0 Å². The van der Waals surface area contributed by atoms with E-state index in [0.717, 1.165) is 5.56 Å². The van der Waals surface area contributed by atoms with Gasteiger partial charge in [-0.15, -0.1) is 0 Å². The SMILES string of the molecule is OCCn1ccnc1-c1cc2c(cc1Cl)OCO2. The zero-order chi connectivity index (χ0) is 12.5. The van der Waals surface area contributed by atoms with Crippen LogP contribution in [0.1, 0.15) is 0 Å². The van der Waals surface area contributed by atoms with Gasteiger partial charge in [-0.05, 0) is 6.07 Å². The van der Waals surface area contributed by atoms with E-state index in [-0.39, 0.29) is 13.4 Å². The van der Waals surface area contributed by atoms with E-state index in [4.69, 9.17) is 26.2 Å². The second kappa shape index (κ2) is 4.51. The highest BCUT2D eigenvalue weighted by Crippen LogP contribution is 2.40. The van der Waals surface area contributed by atoms with Gasteiger partial charge in [0, 0.05) is 30.6 Å². The number of ether oxygens (including phenoxy) is 2. The smallest absolute Gasteiger partial charge is 0.231 e. The number of benzene rings is 1. The molecule has 0 bridgehead atoms. The summed E-state index contributed by atoms with van der Waals surface area (Å²) in [5.41, 5.74) is 0.763. The molecule has 2 heterocycles. The number of aromatic nitrogens is 2. The minimum atomic E-state index is 0.0472. The molecule has 6 heteroatoms. The first kappa shape index (κ1) is 11.4. The maximum Gasteiger partial charge on any atom is 0.231 e. The molecule has 94 valence electrons. The Balaban J connectivity index is 2.08. The highest BCUT2D eigenvalue weighted by Gasteiger charge is 2.19. The van der Waals surface area contributed by atoms with Crippen LogP contribution in [-0.2, 0) is 6.54 Å². The Bertz CT molecular complexity index is 583. The van der Waals surface area contributed by atoms with Gasteiger partial charge in [0.05, 0.1) is 11.6 Å². The van der Waals surface area contributed by atoms with Gasteiger partial charge >= 0.3 is 0 Å². The molecule has 1 N–H and O–H groups in total. The second-order valence-corrected chi connectivity index (χ2v) is 4.26. The van der Waals surface area contributed by atoms with Gasteiger partial charge in [-0.3, -0.25) is 0 Å². The van der Waals surface area contributed by atoms with E-state index >= 15 is 0 Å². The number of aliphatic hydroxyl groups is 1. The van der Waals surface area contributed by atoms with Crippen LogP contribution >= 0.6 is 11.6 Å². The Morgan fingerprint density at radius 1 is 1.33 bits per heavy atom. The predicted octanol–water partition coefficient (Wildman–Crippen LogP) is 1.92. The molecule has 5 nitrogen and oxygen atoms in total. The van der Waals surface area contributed by atoms with E-state index in [2.05, 4.69) is 4.98 Å². The summed E-state index contributed by atoms with van der Waals surface area (Å²) in [6.45, 7) is 0.728. The van der Waals surface area contributed by atoms with Crippen molar-refractivity contribution < 1.29 is 14.6 Å². The molecule has 0 atom stereocenters. The maximum absolute atomic E-state index is 9.01. The molecular weight excluding hydrogens is 256 g/mol. The quantitative estimate of drug-likeness (QED) is 0.922. The van der Waals surface area contributed by atoms with Gasteiger partial charge in [0.25, 0.3) is 0 Å². The van der Waals surface area contributed by atoms with Crippen molar-refractivity contribution in [1.29, 1.82) is 0 Å². The number of hydrogen-bond donors (Lipinski definition) is 1. The minimum Gasteiger partial charge on any atom is -0.454 e. The average molecular weight is 267 g/mol. The molecule has 1 aliphatic heterocycles. The highest BCUT2D eigenvalue weighted by atomic mass is 35.5. The van der Waals surface area contributed by atoms with Gasteiger partial charge in [0.2, 0.25) is 6.79 Å². The Morgan fingerprint density at radius 3 is 2.89 bits per heavy atom. The number of halogens is 1. The van der Waals surface area contributed by atoms with Crippen molar-refractivity contribution in [3.05, 3.63) is 29.5 Å². The number of fused-ring (bicyclic) bond motifs is 1. The average Bonchev–Trinajstić information content (AvgIpc) is 2.96. The van der Waals surface area contributed by atoms with Crippen molar-refractivity contribution in [1.82, 2.24) is 9.55 Å². The minimum absolute atomic E-state index is 0.0472. The molecule has 0 saturated carbocycles. The first-order valence-corrected chi connectivity index (χ1v) is 5.89. The zero-order valence-corrected chi connectivity index (χ0v) is 10.2. The number of imidazole rings is 1. The molecule has 2 aromatic rings. The molecule has 0 radical (unpaired) electrons. The molecule has 18 heavy (non-hydrogen) atoms. The number of rotatable bonds is 3. The van der Waals surface area contributed by atoms with Crippen LogP contribution in [0.25, 0.3) is 11.4 Å². The van der Waals surface area contributed by atoms with Crippen molar-refractivity contribution in [2.75, 3.05) is 13.4 Å². The second-order valence-electron chi connectivity index (χ2n) is 3.85. The summed E-state index contributed by atoms with van der Waals surface area (Å²) < 4.78 is 12.4. The van der Waals surface area contributed by atoms with Crippen LogP contribution in [0, 0.1) is 0 Å². The van der Waals surface area contributed by atoms with E-state index in [1.807, 2.05) is 4.57 Å². The highest BCUT2D eigenvalue weighted by molar-refractivity contribution is 6.33. The maximum atomic E-state index is 9.01. The van der Waals surface area contributed by atoms with Gasteiger partial charge in [0.1, 0.15) is 5.82 Å². The van der Waals surface area contributed by atoms with Crippen LogP contribution in [-0.4, -0.2) is 28.1 Å². The van der Waals surface area contributed by atoms with E-state index in [1.54, 1.807) is 24.5 Å². The first-order valence-electron chi connectivity index (χ1n) is 5.51. The van der Waals surface area contributed by atoms with Crippen molar-refractivity contribution >= 4 is 11.6 Å². The summed E-state index contributed by atoms with van der Waals surface area (Å²) in [5.74, 6) is 2.00. The molecule has 0 aliphatic carbocycles. The Morgan fingerprint density at radius 2 is 2.11 bits per heavy atom. The fourth-order valence-corrected chi connectivity index (χ4v) is 2.17. The molecule has 0 fully saturated rings. The van der Waals surface area contributed by atoms with Crippen molar-refractivity contribution in [2.24, 2.45) is 0 Å². The third kappa shape index (κ3) is 1.81. The van der Waals surface area contributed by atoms with Crippen LogP contribution in [0.15, 0.2) is 24.5 Å². The number of nitrogens with zero attached hydrogens (tertiary/aromatic N) is 2. The Labute approximate surface area is 109 Å². The lowest BCUT2D eigenvalue weighted by Gasteiger charge is -2.08. The molecule has 0 saturated heterocycles. The van der Waals surface area contributed by atoms with E-state index in [1.165, 1.54) is 0 Å². The lowest BCUT2D eigenvalue weighted by molar-refractivity contribution is 0.174. The molecule has 1 aromatic heterocycles. The largest absolute Gasteiger partial charge is 0.454 e. The van der Waals surface area contributed by atoms with Crippen molar-refractivity contribution in [3.8, 4) is 22.9 Å². The fourth-order valence-electron chi connectivity index (χ4n) is 1.93. The fraction of sp³-hybridized carbons (Fsp3) is 0.250. The van der Waals surface area contributed by atoms with Gasteiger partial charge in [-0.1, -0.05) is 11.6 Å². The summed E-state index contributed by atoms with van der Waals surface area (Å²) in [6, 6.07) is 3.53. The van der Waals surface area contributed by atoms with Crippen LogP contribution in [0.2, 0.25) is 5.02 Å².